The quantitative estimate of drug-likeness (QED) is 0.924. The lowest BCUT2D eigenvalue weighted by Gasteiger charge is -2.36. The second-order valence-corrected chi connectivity index (χ2v) is 7.40. The topological polar surface area (TPSA) is 65.6 Å². The molecule has 5 rings (SSSR count). The third kappa shape index (κ3) is 2.61. The Labute approximate surface area is 145 Å². The zero-order valence-corrected chi connectivity index (χ0v) is 14.0. The van der Waals surface area contributed by atoms with Crippen LogP contribution in [0.2, 0.25) is 0 Å². The Kier molecular flexibility index (Phi) is 3.35. The van der Waals surface area contributed by atoms with Crippen LogP contribution < -0.4 is 0 Å². The number of H-pyrrole nitrogens is 1. The molecule has 2 aromatic rings. The first-order valence-corrected chi connectivity index (χ1v) is 8.96. The fraction of sp³-hybridized carbons (Fsp3) is 0.474. The van der Waals surface area contributed by atoms with E-state index in [1.807, 2.05) is 40.3 Å². The molecule has 2 saturated heterocycles. The van der Waals surface area contributed by atoms with E-state index in [1.165, 1.54) is 12.8 Å². The van der Waals surface area contributed by atoms with Crippen molar-refractivity contribution < 1.29 is 14.3 Å². The van der Waals surface area contributed by atoms with Crippen molar-refractivity contribution in [1.29, 1.82) is 0 Å². The second kappa shape index (κ2) is 5.59. The van der Waals surface area contributed by atoms with Crippen LogP contribution in [0, 0.1) is 5.92 Å². The van der Waals surface area contributed by atoms with E-state index in [0.717, 1.165) is 17.4 Å². The predicted molar refractivity (Wildman–Crippen MR) is 92.2 cm³/mol. The lowest BCUT2D eigenvalue weighted by atomic mass is 10.1. The summed E-state index contributed by atoms with van der Waals surface area (Å²) in [6.07, 6.45) is 4.23. The number of morpholine rings is 1. The molecule has 3 aliphatic rings. The minimum atomic E-state index is -0.0589. The normalized spacial score (nSPS) is 26.3. The highest BCUT2D eigenvalue weighted by molar-refractivity contribution is 5.98. The van der Waals surface area contributed by atoms with Gasteiger partial charge in [-0.2, -0.15) is 0 Å². The van der Waals surface area contributed by atoms with E-state index in [0.29, 0.717) is 24.6 Å². The summed E-state index contributed by atoms with van der Waals surface area (Å²) in [6.45, 7) is 2.09. The van der Waals surface area contributed by atoms with E-state index < -0.39 is 0 Å². The number of fused-ring (bicyclic) bond motifs is 2. The van der Waals surface area contributed by atoms with Crippen molar-refractivity contribution in [2.75, 3.05) is 26.2 Å². The Morgan fingerprint density at radius 3 is 2.96 bits per heavy atom. The van der Waals surface area contributed by atoms with Crippen molar-refractivity contribution in [2.24, 2.45) is 5.92 Å². The summed E-state index contributed by atoms with van der Waals surface area (Å²) in [6, 6.07) is 7.68. The zero-order valence-electron chi connectivity index (χ0n) is 14.0. The van der Waals surface area contributed by atoms with Gasteiger partial charge in [0, 0.05) is 42.3 Å². The average Bonchev–Trinajstić information content (AvgIpc) is 3.15. The molecule has 1 saturated carbocycles. The molecule has 130 valence electrons. The molecule has 0 spiro atoms. The zero-order chi connectivity index (χ0) is 17.0. The van der Waals surface area contributed by atoms with Crippen LogP contribution in [0.5, 0.6) is 0 Å². The molecule has 1 N–H and O–H groups in total. The number of amides is 2. The number of ether oxygens (including phenoxy) is 1. The van der Waals surface area contributed by atoms with E-state index in [-0.39, 0.29) is 30.6 Å². The molecule has 1 aromatic carbocycles. The van der Waals surface area contributed by atoms with Gasteiger partial charge in [-0.1, -0.05) is 0 Å². The van der Waals surface area contributed by atoms with Crippen molar-refractivity contribution in [2.45, 2.75) is 25.0 Å². The molecule has 2 atom stereocenters. The van der Waals surface area contributed by atoms with Gasteiger partial charge >= 0.3 is 0 Å². The fourth-order valence-electron chi connectivity index (χ4n) is 4.02. The summed E-state index contributed by atoms with van der Waals surface area (Å²) in [7, 11) is 0. The van der Waals surface area contributed by atoms with Gasteiger partial charge in [-0.15, -0.1) is 0 Å². The van der Waals surface area contributed by atoms with Crippen molar-refractivity contribution in [1.82, 2.24) is 14.8 Å². The number of carbonyl (C=O) groups is 2. The van der Waals surface area contributed by atoms with Crippen LogP contribution in [0.1, 0.15) is 23.2 Å². The highest BCUT2D eigenvalue weighted by atomic mass is 16.5. The van der Waals surface area contributed by atoms with Crippen LogP contribution in [0.25, 0.3) is 10.9 Å². The van der Waals surface area contributed by atoms with Gasteiger partial charge in [-0.05, 0) is 43.0 Å². The van der Waals surface area contributed by atoms with E-state index >= 15 is 0 Å². The molecule has 1 aromatic heterocycles. The molecule has 3 heterocycles. The van der Waals surface area contributed by atoms with Gasteiger partial charge in [-0.3, -0.25) is 9.59 Å². The number of likely N-dealkylation sites (tertiary alicyclic amines) is 1. The number of nitrogens with one attached hydrogen (secondary N) is 1. The Balaban J connectivity index is 1.36. The van der Waals surface area contributed by atoms with E-state index in [1.54, 1.807) is 0 Å². The molecule has 0 bridgehead atoms. The first kappa shape index (κ1) is 15.0. The number of nitrogens with zero attached hydrogens (tertiary/aromatic N) is 2. The van der Waals surface area contributed by atoms with Gasteiger partial charge < -0.3 is 19.5 Å². The summed E-state index contributed by atoms with van der Waals surface area (Å²) < 4.78 is 5.73. The summed E-state index contributed by atoms with van der Waals surface area (Å²) in [5.41, 5.74) is 1.71. The van der Waals surface area contributed by atoms with Crippen molar-refractivity contribution >= 4 is 22.7 Å². The molecular formula is C19H21N3O3. The third-order valence-electron chi connectivity index (χ3n) is 5.62. The van der Waals surface area contributed by atoms with Crippen molar-refractivity contribution in [3.05, 3.63) is 36.0 Å². The lowest BCUT2D eigenvalue weighted by Crippen LogP contribution is -2.54. The van der Waals surface area contributed by atoms with Gasteiger partial charge in [-0.25, -0.2) is 0 Å². The van der Waals surface area contributed by atoms with Gasteiger partial charge in [0.25, 0.3) is 5.91 Å². The fourth-order valence-corrected chi connectivity index (χ4v) is 4.02. The van der Waals surface area contributed by atoms with Gasteiger partial charge in [0.1, 0.15) is 6.61 Å². The third-order valence-corrected chi connectivity index (χ3v) is 5.62. The minimum absolute atomic E-state index is 0.00166. The SMILES string of the molecule is O=C(c1ccc2[nH]ccc2c1)N1C[C@@H]2[C@@H](C1)OCC(=O)N2CC1CC1. The molecule has 0 radical (unpaired) electrons. The van der Waals surface area contributed by atoms with Crippen LogP contribution >= 0.6 is 0 Å². The molecule has 25 heavy (non-hydrogen) atoms. The summed E-state index contributed by atoms with van der Waals surface area (Å²) in [5.74, 6) is 0.722. The summed E-state index contributed by atoms with van der Waals surface area (Å²) in [4.78, 5) is 32.1. The largest absolute Gasteiger partial charge is 0.364 e. The Morgan fingerprint density at radius 2 is 2.12 bits per heavy atom. The van der Waals surface area contributed by atoms with Crippen LogP contribution in [0.15, 0.2) is 30.5 Å². The Hall–Kier alpha value is -2.34. The number of rotatable bonds is 3. The van der Waals surface area contributed by atoms with Crippen molar-refractivity contribution in [3.8, 4) is 0 Å². The number of aromatic amines is 1. The first-order valence-electron chi connectivity index (χ1n) is 8.96. The van der Waals surface area contributed by atoms with E-state index in [9.17, 15) is 9.59 Å². The van der Waals surface area contributed by atoms with Gasteiger partial charge in [0.05, 0.1) is 12.1 Å². The molecular weight excluding hydrogens is 318 g/mol. The maximum Gasteiger partial charge on any atom is 0.254 e. The number of hydrogen-bond donors (Lipinski definition) is 1. The standard InChI is InChI=1S/C19H21N3O3/c23-18-11-25-17-10-21(9-16(17)22(18)8-12-1-2-12)19(24)14-3-4-15-13(7-14)5-6-20-15/h3-7,12,16-17,20H,1-2,8-11H2/t16-,17-/m1/s1. The molecule has 2 amide bonds. The number of benzene rings is 1. The maximum atomic E-state index is 12.9. The predicted octanol–water partition coefficient (Wildman–Crippen LogP) is 1.63. The Bertz CT molecular complexity index is 841. The van der Waals surface area contributed by atoms with Gasteiger partial charge in [0.15, 0.2) is 0 Å². The number of carbonyl (C=O) groups excluding carboxylic acids is 2. The summed E-state index contributed by atoms with van der Waals surface area (Å²) >= 11 is 0. The van der Waals surface area contributed by atoms with Crippen LogP contribution in [0.3, 0.4) is 0 Å². The van der Waals surface area contributed by atoms with Crippen molar-refractivity contribution in [3.63, 3.8) is 0 Å². The average molecular weight is 339 g/mol. The van der Waals surface area contributed by atoms with E-state index in [4.69, 9.17) is 4.74 Å². The minimum Gasteiger partial charge on any atom is -0.364 e. The van der Waals surface area contributed by atoms with Crippen LogP contribution in [-0.2, 0) is 9.53 Å². The second-order valence-electron chi connectivity index (χ2n) is 7.40. The van der Waals surface area contributed by atoms with Crippen LogP contribution in [-0.4, -0.2) is 65.0 Å². The first-order chi connectivity index (χ1) is 12.2. The molecule has 6 heteroatoms. The lowest BCUT2D eigenvalue weighted by molar-refractivity contribution is -0.153. The highest BCUT2D eigenvalue weighted by Gasteiger charge is 2.45. The Morgan fingerprint density at radius 1 is 1.24 bits per heavy atom. The molecule has 6 nitrogen and oxygen atoms in total. The summed E-state index contributed by atoms with van der Waals surface area (Å²) in [5, 5.41) is 1.03. The molecule has 2 aliphatic heterocycles. The monoisotopic (exact) mass is 339 g/mol. The van der Waals surface area contributed by atoms with Gasteiger partial charge in [0.2, 0.25) is 5.91 Å². The smallest absolute Gasteiger partial charge is 0.254 e. The maximum absolute atomic E-state index is 12.9. The molecule has 3 fully saturated rings. The highest BCUT2D eigenvalue weighted by Crippen LogP contribution is 2.33. The number of hydrogen-bond acceptors (Lipinski definition) is 3. The van der Waals surface area contributed by atoms with E-state index in [2.05, 4.69) is 4.98 Å². The molecule has 1 aliphatic carbocycles. The van der Waals surface area contributed by atoms with Crippen LogP contribution in [0.4, 0.5) is 0 Å². The number of aromatic nitrogens is 1. The molecule has 0 unspecified atom stereocenters.